The fourth-order valence-electron chi connectivity index (χ4n) is 2.60. The van der Waals surface area contributed by atoms with Gasteiger partial charge < -0.3 is 15.4 Å². The first-order chi connectivity index (χ1) is 14.0. The molecule has 1 aromatic heterocycles. The number of halogens is 1. The van der Waals surface area contributed by atoms with Crippen LogP contribution in [0.3, 0.4) is 0 Å². The highest BCUT2D eigenvalue weighted by atomic mass is 35.5. The molecule has 3 aromatic rings. The molecule has 0 unspecified atom stereocenters. The quantitative estimate of drug-likeness (QED) is 0.616. The summed E-state index contributed by atoms with van der Waals surface area (Å²) in [6.45, 7) is 1.96. The Morgan fingerprint density at radius 1 is 1.10 bits per heavy atom. The molecule has 148 valence electrons. The predicted molar refractivity (Wildman–Crippen MR) is 112 cm³/mol. The summed E-state index contributed by atoms with van der Waals surface area (Å²) in [6.07, 6.45) is 2.57. The van der Waals surface area contributed by atoms with Crippen LogP contribution in [0.1, 0.15) is 22.8 Å². The molecule has 0 saturated heterocycles. The van der Waals surface area contributed by atoms with E-state index in [1.807, 2.05) is 6.07 Å². The molecule has 7 heteroatoms. The number of ether oxygens (including phenoxy) is 1. The molecule has 0 fully saturated rings. The molecule has 0 radical (unpaired) electrons. The lowest BCUT2D eigenvalue weighted by Gasteiger charge is -2.16. The normalized spacial score (nSPS) is 11.4. The smallest absolute Gasteiger partial charge is 0.265 e. The number of amides is 2. The topological polar surface area (TPSA) is 80.3 Å². The molecule has 3 rings (SSSR count). The van der Waals surface area contributed by atoms with Crippen molar-refractivity contribution in [3.8, 4) is 5.75 Å². The summed E-state index contributed by atoms with van der Waals surface area (Å²) >= 11 is 5.94. The van der Waals surface area contributed by atoms with Crippen molar-refractivity contribution in [3.63, 3.8) is 0 Å². The van der Waals surface area contributed by atoms with E-state index in [0.29, 0.717) is 28.6 Å². The van der Waals surface area contributed by atoms with Gasteiger partial charge >= 0.3 is 0 Å². The summed E-state index contributed by atoms with van der Waals surface area (Å²) in [4.78, 5) is 29.2. The van der Waals surface area contributed by atoms with Gasteiger partial charge in [0, 0.05) is 24.0 Å². The van der Waals surface area contributed by atoms with Crippen LogP contribution in [-0.4, -0.2) is 22.9 Å². The van der Waals surface area contributed by atoms with Crippen molar-refractivity contribution in [2.45, 2.75) is 19.6 Å². The third kappa shape index (κ3) is 5.80. The Kier molecular flexibility index (Phi) is 6.81. The number of hydrogen-bond donors (Lipinski definition) is 2. The molecule has 2 N–H and O–H groups in total. The number of benzene rings is 2. The van der Waals surface area contributed by atoms with Crippen molar-refractivity contribution in [1.82, 2.24) is 10.3 Å². The second-order valence-electron chi connectivity index (χ2n) is 6.30. The minimum Gasteiger partial charge on any atom is -0.481 e. The fraction of sp³-hybridized carbons (Fsp3) is 0.136. The lowest BCUT2D eigenvalue weighted by atomic mass is 10.1. The number of anilines is 1. The number of para-hydroxylation sites is 1. The minimum absolute atomic E-state index is 0.298. The molecular weight excluding hydrogens is 390 g/mol. The van der Waals surface area contributed by atoms with E-state index in [9.17, 15) is 9.59 Å². The van der Waals surface area contributed by atoms with E-state index >= 15 is 0 Å². The van der Waals surface area contributed by atoms with Gasteiger partial charge in [-0.05, 0) is 48.9 Å². The van der Waals surface area contributed by atoms with Gasteiger partial charge in [0.15, 0.2) is 6.10 Å². The van der Waals surface area contributed by atoms with Crippen molar-refractivity contribution in [1.29, 1.82) is 0 Å². The van der Waals surface area contributed by atoms with Crippen molar-refractivity contribution in [2.75, 3.05) is 5.32 Å². The summed E-state index contributed by atoms with van der Waals surface area (Å²) in [7, 11) is 0. The molecule has 1 heterocycles. The summed E-state index contributed by atoms with van der Waals surface area (Å²) in [5, 5.41) is 6.10. The maximum absolute atomic E-state index is 12.6. The monoisotopic (exact) mass is 409 g/mol. The second-order valence-corrected chi connectivity index (χ2v) is 6.73. The van der Waals surface area contributed by atoms with Gasteiger partial charge in [0.1, 0.15) is 5.75 Å². The summed E-state index contributed by atoms with van der Waals surface area (Å²) in [5.41, 5.74) is 1.65. The fourth-order valence-corrected chi connectivity index (χ4v) is 2.78. The zero-order chi connectivity index (χ0) is 20.6. The van der Waals surface area contributed by atoms with Gasteiger partial charge in [-0.1, -0.05) is 35.9 Å². The van der Waals surface area contributed by atoms with Crippen LogP contribution in [0.5, 0.6) is 5.75 Å². The predicted octanol–water partition coefficient (Wildman–Crippen LogP) is 4.07. The Hall–Kier alpha value is -3.38. The Morgan fingerprint density at radius 3 is 2.69 bits per heavy atom. The van der Waals surface area contributed by atoms with E-state index in [1.54, 1.807) is 73.9 Å². The Labute approximate surface area is 173 Å². The number of carbonyl (C=O) groups is 2. The molecule has 2 aromatic carbocycles. The van der Waals surface area contributed by atoms with Crippen LogP contribution in [0.25, 0.3) is 0 Å². The van der Waals surface area contributed by atoms with Crippen LogP contribution in [-0.2, 0) is 11.3 Å². The van der Waals surface area contributed by atoms with E-state index in [-0.39, 0.29) is 11.8 Å². The van der Waals surface area contributed by atoms with Gasteiger partial charge in [0.2, 0.25) is 0 Å². The number of pyridine rings is 1. The van der Waals surface area contributed by atoms with Crippen LogP contribution >= 0.6 is 11.6 Å². The lowest BCUT2D eigenvalue weighted by Crippen LogP contribution is -2.31. The number of nitrogens with zero attached hydrogens (tertiary/aromatic N) is 1. The molecule has 0 aliphatic heterocycles. The minimum atomic E-state index is -0.778. The van der Waals surface area contributed by atoms with E-state index < -0.39 is 6.10 Å². The summed E-state index contributed by atoms with van der Waals surface area (Å²) in [6, 6.07) is 17.3. The zero-order valence-corrected chi connectivity index (χ0v) is 16.5. The maximum Gasteiger partial charge on any atom is 0.265 e. The van der Waals surface area contributed by atoms with Gasteiger partial charge in [0.05, 0.1) is 11.3 Å². The Morgan fingerprint density at radius 2 is 1.93 bits per heavy atom. The number of aromatic nitrogens is 1. The van der Waals surface area contributed by atoms with Crippen LogP contribution in [0.15, 0.2) is 73.1 Å². The number of rotatable bonds is 7. The molecule has 0 aliphatic rings. The molecule has 6 nitrogen and oxygen atoms in total. The zero-order valence-electron chi connectivity index (χ0n) is 15.8. The summed E-state index contributed by atoms with van der Waals surface area (Å²) in [5.74, 6) is -0.187. The maximum atomic E-state index is 12.6. The standard InChI is InChI=1S/C22H20ClN3O3/c1-15(29-18-8-4-7-17(23)12-18)21(27)26-20-10-3-2-9-19(20)22(28)25-14-16-6-5-11-24-13-16/h2-13,15H,14H2,1H3,(H,25,28)(H,26,27)/t15-/m0/s1. The van der Waals surface area contributed by atoms with E-state index in [2.05, 4.69) is 15.6 Å². The van der Waals surface area contributed by atoms with Crippen LogP contribution < -0.4 is 15.4 Å². The highest BCUT2D eigenvalue weighted by Crippen LogP contribution is 2.20. The van der Waals surface area contributed by atoms with Crippen molar-refractivity contribution in [3.05, 3.63) is 89.2 Å². The SMILES string of the molecule is C[C@H](Oc1cccc(Cl)c1)C(=O)Nc1ccccc1C(=O)NCc1cccnc1. The van der Waals surface area contributed by atoms with Gasteiger partial charge in [0.25, 0.3) is 11.8 Å². The summed E-state index contributed by atoms with van der Waals surface area (Å²) < 4.78 is 5.63. The van der Waals surface area contributed by atoms with Crippen molar-refractivity contribution in [2.24, 2.45) is 0 Å². The number of nitrogens with one attached hydrogen (secondary N) is 2. The highest BCUT2D eigenvalue weighted by Gasteiger charge is 2.18. The molecule has 2 amide bonds. The van der Waals surface area contributed by atoms with E-state index in [0.717, 1.165) is 5.56 Å². The largest absolute Gasteiger partial charge is 0.481 e. The van der Waals surface area contributed by atoms with Crippen LogP contribution in [0, 0.1) is 0 Å². The first kappa shape index (κ1) is 20.4. The third-order valence-corrected chi connectivity index (χ3v) is 4.32. The first-order valence-corrected chi connectivity index (χ1v) is 9.40. The van der Waals surface area contributed by atoms with E-state index in [1.165, 1.54) is 0 Å². The molecular formula is C22H20ClN3O3. The molecule has 29 heavy (non-hydrogen) atoms. The Bertz CT molecular complexity index is 995. The van der Waals surface area contributed by atoms with Gasteiger partial charge in [-0.25, -0.2) is 0 Å². The molecule has 0 bridgehead atoms. The molecule has 0 saturated carbocycles. The van der Waals surface area contributed by atoms with Gasteiger partial charge in [-0.15, -0.1) is 0 Å². The van der Waals surface area contributed by atoms with Crippen LogP contribution in [0.4, 0.5) is 5.69 Å². The first-order valence-electron chi connectivity index (χ1n) is 9.02. The van der Waals surface area contributed by atoms with Gasteiger partial charge in [-0.3, -0.25) is 14.6 Å². The average molecular weight is 410 g/mol. The average Bonchev–Trinajstić information content (AvgIpc) is 2.73. The number of carbonyl (C=O) groups excluding carboxylic acids is 2. The molecule has 0 aliphatic carbocycles. The van der Waals surface area contributed by atoms with Gasteiger partial charge in [-0.2, -0.15) is 0 Å². The van der Waals surface area contributed by atoms with Crippen molar-refractivity contribution >= 4 is 29.1 Å². The van der Waals surface area contributed by atoms with E-state index in [4.69, 9.17) is 16.3 Å². The molecule has 0 spiro atoms. The van der Waals surface area contributed by atoms with Crippen LogP contribution in [0.2, 0.25) is 5.02 Å². The second kappa shape index (κ2) is 9.71. The Balaban J connectivity index is 1.64. The molecule has 1 atom stereocenters. The third-order valence-electron chi connectivity index (χ3n) is 4.08. The highest BCUT2D eigenvalue weighted by molar-refractivity contribution is 6.30. The number of hydrogen-bond acceptors (Lipinski definition) is 4. The lowest BCUT2D eigenvalue weighted by molar-refractivity contribution is -0.122. The van der Waals surface area contributed by atoms with Crippen molar-refractivity contribution < 1.29 is 14.3 Å².